The lowest BCUT2D eigenvalue weighted by Crippen LogP contribution is -2.46. The summed E-state index contributed by atoms with van der Waals surface area (Å²) in [5.74, 6) is 0.764. The van der Waals surface area contributed by atoms with Crippen LogP contribution in [0.25, 0.3) is 0 Å². The van der Waals surface area contributed by atoms with Crippen LogP contribution in [0.3, 0.4) is 0 Å². The number of hydrogen-bond donors (Lipinski definition) is 1. The molecule has 1 heterocycles. The summed E-state index contributed by atoms with van der Waals surface area (Å²) in [7, 11) is 0. The van der Waals surface area contributed by atoms with Gasteiger partial charge in [0.1, 0.15) is 5.82 Å². The Morgan fingerprint density at radius 2 is 2.00 bits per heavy atom. The Balaban J connectivity index is 2.38. The SMILES string of the molecule is CC1CC(C)C(C)N(c2cc(F)c(Cl)cc2N)C1. The van der Waals surface area contributed by atoms with Gasteiger partial charge in [-0.15, -0.1) is 0 Å². The van der Waals surface area contributed by atoms with Crippen LogP contribution in [-0.2, 0) is 0 Å². The van der Waals surface area contributed by atoms with Crippen LogP contribution in [0.5, 0.6) is 0 Å². The first-order chi connectivity index (χ1) is 8.40. The third-order valence-electron chi connectivity index (χ3n) is 3.98. The summed E-state index contributed by atoms with van der Waals surface area (Å²) in [6, 6.07) is 3.33. The molecule has 1 aromatic carbocycles. The van der Waals surface area contributed by atoms with Gasteiger partial charge in [-0.25, -0.2) is 4.39 Å². The number of nitrogen functional groups attached to an aromatic ring is 1. The van der Waals surface area contributed by atoms with E-state index in [1.807, 2.05) is 0 Å². The molecule has 0 amide bonds. The number of rotatable bonds is 1. The minimum Gasteiger partial charge on any atom is -0.397 e. The first-order valence-electron chi connectivity index (χ1n) is 6.41. The molecule has 0 aromatic heterocycles. The van der Waals surface area contributed by atoms with Gasteiger partial charge in [-0.05, 0) is 31.2 Å². The van der Waals surface area contributed by atoms with Gasteiger partial charge in [0.05, 0.1) is 16.4 Å². The van der Waals surface area contributed by atoms with Gasteiger partial charge in [0.15, 0.2) is 0 Å². The molecule has 2 rings (SSSR count). The fourth-order valence-corrected chi connectivity index (χ4v) is 3.01. The molecule has 0 bridgehead atoms. The Labute approximate surface area is 113 Å². The molecule has 1 aliphatic heterocycles. The Hall–Kier alpha value is -0.960. The normalized spacial score (nSPS) is 28.5. The third kappa shape index (κ3) is 2.41. The number of piperidine rings is 1. The van der Waals surface area contributed by atoms with E-state index in [4.69, 9.17) is 17.3 Å². The molecule has 1 saturated heterocycles. The number of halogens is 2. The van der Waals surface area contributed by atoms with Crippen molar-refractivity contribution in [2.75, 3.05) is 17.2 Å². The maximum Gasteiger partial charge on any atom is 0.144 e. The zero-order valence-electron chi connectivity index (χ0n) is 11.1. The van der Waals surface area contributed by atoms with Crippen LogP contribution in [0.2, 0.25) is 5.02 Å². The summed E-state index contributed by atoms with van der Waals surface area (Å²) in [5, 5.41) is 0.0852. The highest BCUT2D eigenvalue weighted by Crippen LogP contribution is 2.36. The second-order valence-corrected chi connectivity index (χ2v) is 5.94. The quantitative estimate of drug-likeness (QED) is 0.784. The van der Waals surface area contributed by atoms with E-state index >= 15 is 0 Å². The van der Waals surface area contributed by atoms with E-state index < -0.39 is 5.82 Å². The maximum absolute atomic E-state index is 13.6. The van der Waals surface area contributed by atoms with Gasteiger partial charge in [0.25, 0.3) is 0 Å². The van der Waals surface area contributed by atoms with Crippen molar-refractivity contribution in [3.8, 4) is 0 Å². The van der Waals surface area contributed by atoms with E-state index in [0.29, 0.717) is 23.6 Å². The predicted octanol–water partition coefficient (Wildman–Crippen LogP) is 3.93. The van der Waals surface area contributed by atoms with Crippen molar-refractivity contribution < 1.29 is 4.39 Å². The van der Waals surface area contributed by atoms with E-state index in [1.165, 1.54) is 18.6 Å². The second-order valence-electron chi connectivity index (χ2n) is 5.54. The van der Waals surface area contributed by atoms with Gasteiger partial charge in [-0.3, -0.25) is 0 Å². The second kappa shape index (κ2) is 4.96. The van der Waals surface area contributed by atoms with E-state index in [2.05, 4.69) is 25.7 Å². The zero-order valence-corrected chi connectivity index (χ0v) is 11.8. The highest BCUT2D eigenvalue weighted by atomic mass is 35.5. The molecule has 3 unspecified atom stereocenters. The van der Waals surface area contributed by atoms with Crippen molar-refractivity contribution in [1.82, 2.24) is 0 Å². The van der Waals surface area contributed by atoms with Crippen LogP contribution < -0.4 is 10.6 Å². The molecule has 0 radical (unpaired) electrons. The Kier molecular flexibility index (Phi) is 3.71. The Bertz CT molecular complexity index is 450. The van der Waals surface area contributed by atoms with Crippen molar-refractivity contribution in [3.05, 3.63) is 23.0 Å². The molecule has 0 aliphatic carbocycles. The van der Waals surface area contributed by atoms with Gasteiger partial charge >= 0.3 is 0 Å². The summed E-state index contributed by atoms with van der Waals surface area (Å²) >= 11 is 5.75. The van der Waals surface area contributed by atoms with Crippen molar-refractivity contribution >= 4 is 23.0 Å². The van der Waals surface area contributed by atoms with E-state index in [0.717, 1.165) is 12.2 Å². The topological polar surface area (TPSA) is 29.3 Å². The minimum absolute atomic E-state index is 0.0852. The fourth-order valence-electron chi connectivity index (χ4n) is 2.83. The fraction of sp³-hybridized carbons (Fsp3) is 0.571. The summed E-state index contributed by atoms with van der Waals surface area (Å²) in [4.78, 5) is 2.20. The highest BCUT2D eigenvalue weighted by Gasteiger charge is 2.30. The highest BCUT2D eigenvalue weighted by molar-refractivity contribution is 6.31. The lowest BCUT2D eigenvalue weighted by Gasteiger charge is -2.43. The van der Waals surface area contributed by atoms with Crippen LogP contribution in [0.15, 0.2) is 12.1 Å². The van der Waals surface area contributed by atoms with Crippen molar-refractivity contribution in [2.45, 2.75) is 33.2 Å². The van der Waals surface area contributed by atoms with E-state index in [-0.39, 0.29) is 5.02 Å². The van der Waals surface area contributed by atoms with Crippen LogP contribution in [0, 0.1) is 17.7 Å². The van der Waals surface area contributed by atoms with Crippen molar-refractivity contribution in [1.29, 1.82) is 0 Å². The molecule has 1 aromatic rings. The molecule has 4 heteroatoms. The molecule has 100 valence electrons. The summed E-state index contributed by atoms with van der Waals surface area (Å²) in [5.41, 5.74) is 7.30. The lowest BCUT2D eigenvalue weighted by atomic mass is 9.85. The average Bonchev–Trinajstić information content (AvgIpc) is 2.29. The minimum atomic E-state index is -0.404. The third-order valence-corrected chi connectivity index (χ3v) is 4.27. The standard InChI is InChI=1S/C14H20ClFN2/c1-8-4-9(2)10(3)18(7-8)14-6-12(16)11(15)5-13(14)17/h5-6,8-10H,4,7,17H2,1-3H3. The average molecular weight is 271 g/mol. The number of nitrogens with zero attached hydrogens (tertiary/aromatic N) is 1. The summed E-state index contributed by atoms with van der Waals surface area (Å²) in [6.45, 7) is 7.53. The molecular weight excluding hydrogens is 251 g/mol. The van der Waals surface area contributed by atoms with Gasteiger partial charge in [0.2, 0.25) is 0 Å². The Morgan fingerprint density at radius 1 is 1.33 bits per heavy atom. The molecule has 0 saturated carbocycles. The zero-order chi connectivity index (χ0) is 13.4. The lowest BCUT2D eigenvalue weighted by molar-refractivity contribution is 0.297. The molecule has 2 nitrogen and oxygen atoms in total. The first-order valence-corrected chi connectivity index (χ1v) is 6.79. The monoisotopic (exact) mass is 270 g/mol. The van der Waals surface area contributed by atoms with Crippen LogP contribution >= 0.6 is 11.6 Å². The number of anilines is 2. The molecule has 0 spiro atoms. The van der Waals surface area contributed by atoms with Gasteiger partial charge in [-0.1, -0.05) is 25.4 Å². The van der Waals surface area contributed by atoms with E-state index in [1.54, 1.807) is 0 Å². The smallest absolute Gasteiger partial charge is 0.144 e. The molecular formula is C14H20ClFN2. The van der Waals surface area contributed by atoms with Gasteiger partial charge in [-0.2, -0.15) is 0 Å². The Morgan fingerprint density at radius 3 is 2.67 bits per heavy atom. The number of benzene rings is 1. The van der Waals surface area contributed by atoms with E-state index in [9.17, 15) is 4.39 Å². The van der Waals surface area contributed by atoms with Crippen LogP contribution in [-0.4, -0.2) is 12.6 Å². The molecule has 2 N–H and O–H groups in total. The van der Waals surface area contributed by atoms with Gasteiger partial charge in [0, 0.05) is 18.7 Å². The maximum atomic E-state index is 13.6. The first kappa shape index (κ1) is 13.5. The van der Waals surface area contributed by atoms with Crippen LogP contribution in [0.1, 0.15) is 27.2 Å². The predicted molar refractivity (Wildman–Crippen MR) is 75.6 cm³/mol. The summed E-state index contributed by atoms with van der Waals surface area (Å²) < 4.78 is 13.6. The van der Waals surface area contributed by atoms with Gasteiger partial charge < -0.3 is 10.6 Å². The molecule has 1 fully saturated rings. The number of hydrogen-bond acceptors (Lipinski definition) is 2. The van der Waals surface area contributed by atoms with Crippen molar-refractivity contribution in [3.63, 3.8) is 0 Å². The molecule has 18 heavy (non-hydrogen) atoms. The van der Waals surface area contributed by atoms with Crippen molar-refractivity contribution in [2.24, 2.45) is 11.8 Å². The number of nitrogens with two attached hydrogens (primary N) is 1. The molecule has 1 aliphatic rings. The largest absolute Gasteiger partial charge is 0.397 e. The van der Waals surface area contributed by atoms with Crippen LogP contribution in [0.4, 0.5) is 15.8 Å². The molecule has 3 atom stereocenters. The summed E-state index contributed by atoms with van der Waals surface area (Å²) in [6.07, 6.45) is 1.20.